The lowest BCUT2D eigenvalue weighted by molar-refractivity contribution is -0.200. The molecule has 0 aromatic rings. The Morgan fingerprint density at radius 1 is 1.05 bits per heavy atom. The summed E-state index contributed by atoms with van der Waals surface area (Å²) in [5.41, 5.74) is -1.29. The summed E-state index contributed by atoms with van der Waals surface area (Å²) in [5.74, 6) is 2.11. The van der Waals surface area contributed by atoms with Gasteiger partial charge in [0, 0.05) is 5.92 Å². The van der Waals surface area contributed by atoms with Gasteiger partial charge in [0.15, 0.2) is 0 Å². The lowest BCUT2D eigenvalue weighted by Gasteiger charge is -2.57. The molecule has 6 atom stereocenters. The molecule has 0 aromatic carbocycles. The van der Waals surface area contributed by atoms with E-state index in [1.165, 1.54) is 44.9 Å². The van der Waals surface area contributed by atoms with Crippen LogP contribution >= 0.6 is 0 Å². The van der Waals surface area contributed by atoms with Crippen molar-refractivity contribution in [2.45, 2.75) is 89.3 Å². The van der Waals surface area contributed by atoms with E-state index >= 15 is 0 Å². The van der Waals surface area contributed by atoms with Gasteiger partial charge in [-0.25, -0.2) is 0 Å². The van der Waals surface area contributed by atoms with Gasteiger partial charge in [0.1, 0.15) is 0 Å². The normalized spacial score (nSPS) is 48.0. The molecule has 3 aliphatic rings. The van der Waals surface area contributed by atoms with E-state index < -0.39 is 11.2 Å². The van der Waals surface area contributed by atoms with Crippen molar-refractivity contribution < 1.29 is 10.2 Å². The molecule has 0 spiro atoms. The molecule has 0 heterocycles. The van der Waals surface area contributed by atoms with Crippen LogP contribution in [0.25, 0.3) is 0 Å². The molecule has 20 heavy (non-hydrogen) atoms. The highest BCUT2D eigenvalue weighted by molar-refractivity contribution is 5.07. The van der Waals surface area contributed by atoms with E-state index in [0.717, 1.165) is 31.1 Å². The standard InChI is InChI=1S/C18H32O2/c1-3-17(2,19)16-10-6-9-15-11-13-7-4-5-8-14(13)12-18(15,16)20/h13-16,19-20H,3-12H2,1-2H3. The van der Waals surface area contributed by atoms with Gasteiger partial charge in [0.25, 0.3) is 0 Å². The van der Waals surface area contributed by atoms with Gasteiger partial charge in [-0.2, -0.15) is 0 Å². The zero-order valence-electron chi connectivity index (χ0n) is 13.3. The Hall–Kier alpha value is -0.0800. The molecule has 3 saturated carbocycles. The quantitative estimate of drug-likeness (QED) is 0.805. The fourth-order valence-electron chi connectivity index (χ4n) is 5.73. The molecule has 2 nitrogen and oxygen atoms in total. The van der Waals surface area contributed by atoms with E-state index in [-0.39, 0.29) is 5.92 Å². The summed E-state index contributed by atoms with van der Waals surface area (Å²) in [4.78, 5) is 0. The average molecular weight is 280 g/mol. The Morgan fingerprint density at radius 2 is 1.75 bits per heavy atom. The first-order valence-corrected chi connectivity index (χ1v) is 8.92. The average Bonchev–Trinajstić information content (AvgIpc) is 2.43. The molecule has 0 aromatic heterocycles. The summed E-state index contributed by atoms with van der Waals surface area (Å²) in [6.45, 7) is 4.00. The van der Waals surface area contributed by atoms with Crippen LogP contribution < -0.4 is 0 Å². The molecule has 0 saturated heterocycles. The van der Waals surface area contributed by atoms with Crippen LogP contribution in [0, 0.1) is 23.7 Å². The van der Waals surface area contributed by atoms with Crippen LogP contribution in [0.15, 0.2) is 0 Å². The smallest absolute Gasteiger partial charge is 0.0733 e. The van der Waals surface area contributed by atoms with E-state index in [1.807, 2.05) is 6.92 Å². The lowest BCUT2D eigenvalue weighted by Crippen LogP contribution is -2.60. The Balaban J connectivity index is 1.85. The second-order valence-corrected chi connectivity index (χ2v) is 8.13. The fraction of sp³-hybridized carbons (Fsp3) is 1.00. The molecule has 3 fully saturated rings. The molecule has 0 bridgehead atoms. The van der Waals surface area contributed by atoms with Crippen molar-refractivity contribution in [3.05, 3.63) is 0 Å². The molecular weight excluding hydrogens is 248 g/mol. The predicted molar refractivity (Wildman–Crippen MR) is 81.4 cm³/mol. The highest BCUT2D eigenvalue weighted by Crippen LogP contribution is 2.56. The molecular formula is C18H32O2. The van der Waals surface area contributed by atoms with Crippen molar-refractivity contribution in [3.8, 4) is 0 Å². The van der Waals surface area contributed by atoms with Crippen molar-refractivity contribution in [2.75, 3.05) is 0 Å². The fourth-order valence-corrected chi connectivity index (χ4v) is 5.73. The van der Waals surface area contributed by atoms with E-state index in [2.05, 4.69) is 6.92 Å². The van der Waals surface area contributed by atoms with Gasteiger partial charge in [0.2, 0.25) is 0 Å². The molecule has 3 aliphatic carbocycles. The maximum Gasteiger partial charge on any atom is 0.0733 e. The zero-order chi connectivity index (χ0) is 14.4. The van der Waals surface area contributed by atoms with Crippen molar-refractivity contribution in [2.24, 2.45) is 23.7 Å². The van der Waals surface area contributed by atoms with Crippen LogP contribution in [-0.4, -0.2) is 21.4 Å². The van der Waals surface area contributed by atoms with Crippen molar-refractivity contribution >= 4 is 0 Å². The minimum absolute atomic E-state index is 0.0848. The third-order valence-corrected chi connectivity index (χ3v) is 7.07. The Morgan fingerprint density at radius 3 is 2.45 bits per heavy atom. The van der Waals surface area contributed by atoms with Gasteiger partial charge in [-0.1, -0.05) is 39.0 Å². The Labute approximate surface area is 124 Å². The van der Waals surface area contributed by atoms with Crippen LogP contribution in [0.4, 0.5) is 0 Å². The van der Waals surface area contributed by atoms with Crippen LogP contribution in [-0.2, 0) is 0 Å². The van der Waals surface area contributed by atoms with Crippen molar-refractivity contribution in [1.29, 1.82) is 0 Å². The first-order chi connectivity index (χ1) is 9.47. The summed E-state index contributed by atoms with van der Waals surface area (Å²) in [6.07, 6.45) is 11.7. The van der Waals surface area contributed by atoms with Crippen molar-refractivity contribution in [1.82, 2.24) is 0 Å². The minimum Gasteiger partial charge on any atom is -0.390 e. The molecule has 0 amide bonds. The van der Waals surface area contributed by atoms with Crippen LogP contribution in [0.5, 0.6) is 0 Å². The summed E-state index contributed by atoms with van der Waals surface area (Å²) >= 11 is 0. The van der Waals surface area contributed by atoms with Gasteiger partial charge in [-0.3, -0.25) is 0 Å². The predicted octanol–water partition coefficient (Wildman–Crippen LogP) is 3.90. The van der Waals surface area contributed by atoms with Gasteiger partial charge >= 0.3 is 0 Å². The SMILES string of the molecule is CCC(C)(O)C1CCCC2CC3CCCCC3CC21O. The van der Waals surface area contributed by atoms with Gasteiger partial charge in [-0.15, -0.1) is 0 Å². The highest BCUT2D eigenvalue weighted by Gasteiger charge is 2.56. The monoisotopic (exact) mass is 280 g/mol. The van der Waals surface area contributed by atoms with E-state index in [4.69, 9.17) is 0 Å². The summed E-state index contributed by atoms with van der Waals surface area (Å²) < 4.78 is 0. The zero-order valence-corrected chi connectivity index (χ0v) is 13.3. The Bertz CT molecular complexity index is 351. The van der Waals surface area contributed by atoms with Crippen LogP contribution in [0.1, 0.15) is 78.1 Å². The van der Waals surface area contributed by atoms with E-state index in [1.54, 1.807) is 0 Å². The first kappa shape index (κ1) is 14.8. The van der Waals surface area contributed by atoms with Gasteiger partial charge < -0.3 is 10.2 Å². The summed E-state index contributed by atoms with van der Waals surface area (Å²) in [7, 11) is 0. The Kier molecular flexibility index (Phi) is 3.92. The lowest BCUT2D eigenvalue weighted by atomic mass is 9.52. The maximum atomic E-state index is 11.5. The third-order valence-electron chi connectivity index (χ3n) is 7.07. The molecule has 2 heteroatoms. The van der Waals surface area contributed by atoms with Crippen LogP contribution in [0.2, 0.25) is 0 Å². The molecule has 116 valence electrons. The molecule has 6 unspecified atom stereocenters. The second kappa shape index (κ2) is 5.28. The number of aliphatic hydroxyl groups is 2. The van der Waals surface area contributed by atoms with Gasteiger partial charge in [0.05, 0.1) is 11.2 Å². The molecule has 0 radical (unpaired) electrons. The summed E-state index contributed by atoms with van der Waals surface area (Å²) in [5, 5.41) is 22.3. The number of rotatable bonds is 2. The topological polar surface area (TPSA) is 40.5 Å². The number of hydrogen-bond acceptors (Lipinski definition) is 2. The molecule has 3 rings (SSSR count). The highest BCUT2D eigenvalue weighted by atomic mass is 16.3. The van der Waals surface area contributed by atoms with Crippen molar-refractivity contribution in [3.63, 3.8) is 0 Å². The first-order valence-electron chi connectivity index (χ1n) is 8.92. The largest absolute Gasteiger partial charge is 0.390 e. The maximum absolute atomic E-state index is 11.5. The van der Waals surface area contributed by atoms with E-state index in [9.17, 15) is 10.2 Å². The number of fused-ring (bicyclic) bond motifs is 2. The second-order valence-electron chi connectivity index (χ2n) is 8.13. The van der Waals surface area contributed by atoms with Gasteiger partial charge in [-0.05, 0) is 56.8 Å². The molecule has 0 aliphatic heterocycles. The number of hydrogen-bond donors (Lipinski definition) is 2. The third kappa shape index (κ3) is 2.33. The van der Waals surface area contributed by atoms with Crippen LogP contribution in [0.3, 0.4) is 0 Å². The van der Waals surface area contributed by atoms with E-state index in [0.29, 0.717) is 5.92 Å². The minimum atomic E-state index is -0.699. The molecule has 2 N–H and O–H groups in total. The summed E-state index contributed by atoms with van der Waals surface area (Å²) in [6, 6.07) is 0.